The molecule has 0 bridgehead atoms. The van der Waals surface area contributed by atoms with Gasteiger partial charge in [-0.25, -0.2) is 0 Å². The standard InChI is InChI=1S/C9H8N2OS/c12-5-6-4-7-9(13-6)8-2-1-3-11(8)10-7/h4-5H,1-3H2. The molecule has 0 saturated heterocycles. The molecule has 2 aromatic heterocycles. The first-order valence-electron chi connectivity index (χ1n) is 4.33. The Bertz CT molecular complexity index is 483. The first-order valence-corrected chi connectivity index (χ1v) is 5.14. The highest BCUT2D eigenvalue weighted by molar-refractivity contribution is 7.20. The number of rotatable bonds is 1. The SMILES string of the molecule is O=Cc1cc2nn3c(c2s1)CCC3. The van der Waals surface area contributed by atoms with Crippen LogP contribution < -0.4 is 0 Å². The minimum absolute atomic E-state index is 0.785. The van der Waals surface area contributed by atoms with Crippen molar-refractivity contribution in [2.75, 3.05) is 0 Å². The van der Waals surface area contributed by atoms with Crippen molar-refractivity contribution in [2.24, 2.45) is 0 Å². The fourth-order valence-corrected chi connectivity index (χ4v) is 2.85. The maximum Gasteiger partial charge on any atom is 0.160 e. The Morgan fingerprint density at radius 2 is 2.54 bits per heavy atom. The summed E-state index contributed by atoms with van der Waals surface area (Å²) in [7, 11) is 0. The molecule has 3 nitrogen and oxygen atoms in total. The molecule has 3 rings (SSSR count). The molecular formula is C9H8N2OS. The first-order chi connectivity index (χ1) is 6.38. The number of aromatic nitrogens is 2. The maximum atomic E-state index is 10.6. The van der Waals surface area contributed by atoms with Crippen molar-refractivity contribution in [3.8, 4) is 0 Å². The van der Waals surface area contributed by atoms with Crippen LogP contribution in [0.1, 0.15) is 21.8 Å². The molecular weight excluding hydrogens is 184 g/mol. The smallest absolute Gasteiger partial charge is 0.160 e. The van der Waals surface area contributed by atoms with Crippen molar-refractivity contribution in [1.82, 2.24) is 9.78 Å². The van der Waals surface area contributed by atoms with Gasteiger partial charge < -0.3 is 0 Å². The van der Waals surface area contributed by atoms with Gasteiger partial charge in [-0.3, -0.25) is 9.48 Å². The van der Waals surface area contributed by atoms with Gasteiger partial charge in [-0.15, -0.1) is 11.3 Å². The second-order valence-corrected chi connectivity index (χ2v) is 4.34. The van der Waals surface area contributed by atoms with E-state index in [2.05, 4.69) is 9.78 Å². The molecule has 1 aliphatic heterocycles. The molecule has 66 valence electrons. The van der Waals surface area contributed by atoms with E-state index in [0.717, 1.165) is 29.6 Å². The third kappa shape index (κ3) is 0.891. The van der Waals surface area contributed by atoms with Crippen molar-refractivity contribution in [1.29, 1.82) is 0 Å². The summed E-state index contributed by atoms with van der Waals surface area (Å²) in [5.41, 5.74) is 2.30. The van der Waals surface area contributed by atoms with Gasteiger partial charge in [-0.05, 0) is 18.9 Å². The lowest BCUT2D eigenvalue weighted by molar-refractivity contribution is 0.112. The Morgan fingerprint density at radius 3 is 3.38 bits per heavy atom. The van der Waals surface area contributed by atoms with E-state index < -0.39 is 0 Å². The number of hydrogen-bond donors (Lipinski definition) is 0. The summed E-state index contributed by atoms with van der Waals surface area (Å²) in [4.78, 5) is 11.3. The van der Waals surface area contributed by atoms with Crippen LogP contribution in [0.4, 0.5) is 0 Å². The second-order valence-electron chi connectivity index (χ2n) is 3.25. The molecule has 13 heavy (non-hydrogen) atoms. The summed E-state index contributed by atoms with van der Waals surface area (Å²) in [5.74, 6) is 0. The zero-order valence-corrected chi connectivity index (χ0v) is 7.80. The van der Waals surface area contributed by atoms with E-state index >= 15 is 0 Å². The predicted octanol–water partition coefficient (Wildman–Crippen LogP) is 1.86. The van der Waals surface area contributed by atoms with Crippen LogP contribution in [-0.2, 0) is 13.0 Å². The molecule has 0 aliphatic carbocycles. The number of aryl methyl sites for hydroxylation is 2. The highest BCUT2D eigenvalue weighted by Crippen LogP contribution is 2.31. The van der Waals surface area contributed by atoms with Gasteiger partial charge in [0.15, 0.2) is 6.29 Å². The van der Waals surface area contributed by atoms with Crippen LogP contribution in [0, 0.1) is 0 Å². The van der Waals surface area contributed by atoms with Gasteiger partial charge in [0.1, 0.15) is 5.52 Å². The summed E-state index contributed by atoms with van der Waals surface area (Å²) >= 11 is 1.56. The van der Waals surface area contributed by atoms with E-state index in [-0.39, 0.29) is 0 Å². The molecule has 0 fully saturated rings. The molecule has 4 heteroatoms. The quantitative estimate of drug-likeness (QED) is 0.646. The third-order valence-corrected chi connectivity index (χ3v) is 3.53. The number of carbonyl (C=O) groups is 1. The van der Waals surface area contributed by atoms with Gasteiger partial charge in [-0.1, -0.05) is 0 Å². The van der Waals surface area contributed by atoms with Crippen LogP contribution in [0.3, 0.4) is 0 Å². The zero-order valence-electron chi connectivity index (χ0n) is 6.99. The van der Waals surface area contributed by atoms with Crippen LogP contribution in [-0.4, -0.2) is 16.1 Å². The Hall–Kier alpha value is -1.16. The van der Waals surface area contributed by atoms with Crippen LogP contribution in [0.2, 0.25) is 0 Å². The number of hydrogen-bond acceptors (Lipinski definition) is 3. The average Bonchev–Trinajstić information content (AvgIpc) is 2.72. The van der Waals surface area contributed by atoms with Crippen molar-refractivity contribution in [3.05, 3.63) is 16.6 Å². The molecule has 0 unspecified atom stereocenters. The summed E-state index contributed by atoms with van der Waals surface area (Å²) in [6.07, 6.45) is 3.19. The fourth-order valence-electron chi connectivity index (χ4n) is 1.87. The lowest BCUT2D eigenvalue weighted by atomic mass is 10.3. The molecule has 0 amide bonds. The molecule has 0 N–H and O–H groups in total. The van der Waals surface area contributed by atoms with Crippen LogP contribution >= 0.6 is 11.3 Å². The minimum Gasteiger partial charge on any atom is -0.297 e. The van der Waals surface area contributed by atoms with E-state index in [9.17, 15) is 4.79 Å². The molecule has 0 aromatic carbocycles. The molecule has 0 saturated carbocycles. The summed E-state index contributed by atoms with van der Waals surface area (Å²) in [5, 5.41) is 4.43. The van der Waals surface area contributed by atoms with E-state index in [4.69, 9.17) is 0 Å². The van der Waals surface area contributed by atoms with Crippen molar-refractivity contribution >= 4 is 27.8 Å². The van der Waals surface area contributed by atoms with E-state index in [1.165, 1.54) is 16.8 Å². The van der Waals surface area contributed by atoms with Crippen molar-refractivity contribution in [2.45, 2.75) is 19.4 Å². The largest absolute Gasteiger partial charge is 0.297 e. The molecule has 0 atom stereocenters. The highest BCUT2D eigenvalue weighted by Gasteiger charge is 2.18. The fraction of sp³-hybridized carbons (Fsp3) is 0.333. The Labute approximate surface area is 79.0 Å². The molecule has 1 aliphatic rings. The van der Waals surface area contributed by atoms with Gasteiger partial charge in [0.25, 0.3) is 0 Å². The first kappa shape index (κ1) is 7.26. The lowest BCUT2D eigenvalue weighted by Gasteiger charge is -1.90. The monoisotopic (exact) mass is 192 g/mol. The lowest BCUT2D eigenvalue weighted by Crippen LogP contribution is -1.93. The Kier molecular flexibility index (Phi) is 1.35. The molecule has 2 aromatic rings. The Balaban J connectivity index is 2.33. The van der Waals surface area contributed by atoms with E-state index in [0.29, 0.717) is 0 Å². The van der Waals surface area contributed by atoms with Gasteiger partial charge in [0.2, 0.25) is 0 Å². The number of nitrogens with zero attached hydrogens (tertiary/aromatic N) is 2. The number of thiophene rings is 1. The summed E-state index contributed by atoms with van der Waals surface area (Å²) in [6.45, 7) is 1.03. The summed E-state index contributed by atoms with van der Waals surface area (Å²) in [6, 6.07) is 1.87. The maximum absolute atomic E-state index is 10.6. The van der Waals surface area contributed by atoms with Gasteiger partial charge >= 0.3 is 0 Å². The Morgan fingerprint density at radius 1 is 1.62 bits per heavy atom. The average molecular weight is 192 g/mol. The molecule has 0 radical (unpaired) electrons. The third-order valence-electron chi connectivity index (χ3n) is 2.43. The van der Waals surface area contributed by atoms with Crippen molar-refractivity contribution in [3.63, 3.8) is 0 Å². The van der Waals surface area contributed by atoms with Crippen LogP contribution in [0.25, 0.3) is 10.2 Å². The predicted molar refractivity (Wildman–Crippen MR) is 51.3 cm³/mol. The van der Waals surface area contributed by atoms with Crippen LogP contribution in [0.15, 0.2) is 6.07 Å². The number of fused-ring (bicyclic) bond motifs is 3. The van der Waals surface area contributed by atoms with E-state index in [1.807, 2.05) is 6.07 Å². The topological polar surface area (TPSA) is 34.9 Å². The zero-order chi connectivity index (χ0) is 8.84. The van der Waals surface area contributed by atoms with Gasteiger partial charge in [-0.2, -0.15) is 5.10 Å². The number of carbonyl (C=O) groups excluding carboxylic acids is 1. The molecule has 3 heterocycles. The minimum atomic E-state index is 0.785. The van der Waals surface area contributed by atoms with Gasteiger partial charge in [0, 0.05) is 6.54 Å². The highest BCUT2D eigenvalue weighted by atomic mass is 32.1. The van der Waals surface area contributed by atoms with Crippen molar-refractivity contribution < 1.29 is 4.79 Å². The van der Waals surface area contributed by atoms with E-state index in [1.54, 1.807) is 11.3 Å². The normalized spacial score (nSPS) is 15.1. The van der Waals surface area contributed by atoms with Crippen LogP contribution in [0.5, 0.6) is 0 Å². The summed E-state index contributed by atoms with van der Waals surface area (Å²) < 4.78 is 3.27. The second kappa shape index (κ2) is 2.42. The number of aldehydes is 1. The molecule has 0 spiro atoms. The van der Waals surface area contributed by atoms with Gasteiger partial charge in [0.05, 0.1) is 15.3 Å².